The molecule has 1 aromatic carbocycles. The van der Waals surface area contributed by atoms with Gasteiger partial charge in [0.05, 0.1) is 0 Å². The van der Waals surface area contributed by atoms with Crippen LogP contribution in [0, 0.1) is 0 Å². The molecule has 0 aromatic heterocycles. The van der Waals surface area contributed by atoms with Crippen molar-refractivity contribution in [3.05, 3.63) is 41.5 Å². The predicted molar refractivity (Wildman–Crippen MR) is 69.5 cm³/mol. The minimum absolute atomic E-state index is 0.219. The van der Waals surface area contributed by atoms with Gasteiger partial charge in [0.25, 0.3) is 0 Å². The third-order valence-corrected chi connectivity index (χ3v) is 2.56. The van der Waals surface area contributed by atoms with Crippen LogP contribution >= 0.6 is 11.6 Å². The van der Waals surface area contributed by atoms with Crippen LogP contribution in [0.3, 0.4) is 0 Å². The molecule has 15 heavy (non-hydrogen) atoms. The fourth-order valence-electron chi connectivity index (χ4n) is 1.39. The normalized spacial score (nSPS) is 12.3. The average molecular weight is 223 g/mol. The third kappa shape index (κ3) is 4.09. The lowest BCUT2D eigenvalue weighted by Gasteiger charge is -2.19. The van der Waals surface area contributed by atoms with E-state index in [2.05, 4.69) is 57.2 Å². The summed E-state index contributed by atoms with van der Waals surface area (Å²) in [6.45, 7) is 6.69. The second-order valence-electron chi connectivity index (χ2n) is 4.76. The van der Waals surface area contributed by atoms with E-state index in [9.17, 15) is 0 Å². The minimum Gasteiger partial charge on any atom is -0.126 e. The average Bonchev–Trinajstić information content (AvgIpc) is 2.17. The van der Waals surface area contributed by atoms with Crippen LogP contribution in [0.25, 0.3) is 6.08 Å². The fraction of sp³-hybridized carbons (Fsp3) is 0.429. The fourth-order valence-corrected chi connectivity index (χ4v) is 1.52. The highest BCUT2D eigenvalue weighted by Gasteiger charge is 2.12. The van der Waals surface area contributed by atoms with Crippen molar-refractivity contribution in [3.63, 3.8) is 0 Å². The molecule has 0 aliphatic rings. The molecule has 1 heteroatoms. The van der Waals surface area contributed by atoms with Gasteiger partial charge in [-0.3, -0.25) is 0 Å². The van der Waals surface area contributed by atoms with Crippen LogP contribution in [0.5, 0.6) is 0 Å². The Bertz CT molecular complexity index is 331. The van der Waals surface area contributed by atoms with Crippen molar-refractivity contribution in [1.82, 2.24) is 0 Å². The third-order valence-electron chi connectivity index (χ3n) is 2.34. The first-order valence-corrected chi connectivity index (χ1v) is 5.90. The summed E-state index contributed by atoms with van der Waals surface area (Å²) in [5, 5.41) is 0. The molecule has 0 heterocycles. The van der Waals surface area contributed by atoms with Gasteiger partial charge in [-0.1, -0.05) is 57.2 Å². The minimum atomic E-state index is 0.219. The topological polar surface area (TPSA) is 0 Å². The lowest BCUT2D eigenvalue weighted by molar-refractivity contribution is 0.590. The molecule has 0 saturated carbocycles. The largest absolute Gasteiger partial charge is 0.126 e. The van der Waals surface area contributed by atoms with Crippen LogP contribution in [0.15, 0.2) is 30.3 Å². The van der Waals surface area contributed by atoms with E-state index in [1.165, 1.54) is 11.1 Å². The van der Waals surface area contributed by atoms with Crippen molar-refractivity contribution in [2.24, 2.45) is 0 Å². The zero-order valence-electron chi connectivity index (χ0n) is 9.76. The maximum Gasteiger partial charge on any atom is 0.0258 e. The predicted octanol–water partition coefficient (Wildman–Crippen LogP) is 4.63. The van der Waals surface area contributed by atoms with Gasteiger partial charge in [0.1, 0.15) is 0 Å². The SMILES string of the molecule is CC(C)(C)c1cccc(C=CCCCl)c1. The molecule has 0 nitrogen and oxygen atoms in total. The molecule has 1 aromatic rings. The molecule has 82 valence electrons. The highest BCUT2D eigenvalue weighted by molar-refractivity contribution is 6.17. The van der Waals surface area contributed by atoms with E-state index >= 15 is 0 Å². The molecule has 0 fully saturated rings. The first kappa shape index (κ1) is 12.3. The van der Waals surface area contributed by atoms with E-state index in [0.717, 1.165) is 6.42 Å². The van der Waals surface area contributed by atoms with Gasteiger partial charge in [-0.2, -0.15) is 0 Å². The summed E-state index contributed by atoms with van der Waals surface area (Å²) in [5.74, 6) is 0.690. The molecule has 0 aliphatic heterocycles. The Labute approximate surface area is 98.0 Å². The van der Waals surface area contributed by atoms with Gasteiger partial charge in [-0.25, -0.2) is 0 Å². The molecular weight excluding hydrogens is 204 g/mol. The van der Waals surface area contributed by atoms with E-state index in [0.29, 0.717) is 5.88 Å². The number of halogens is 1. The second-order valence-corrected chi connectivity index (χ2v) is 5.13. The van der Waals surface area contributed by atoms with Crippen molar-refractivity contribution in [1.29, 1.82) is 0 Å². The molecule has 0 bridgehead atoms. The first-order chi connectivity index (χ1) is 7.04. The van der Waals surface area contributed by atoms with Crippen molar-refractivity contribution in [2.75, 3.05) is 5.88 Å². The number of hydrogen-bond donors (Lipinski definition) is 0. The number of hydrogen-bond acceptors (Lipinski definition) is 0. The molecule has 0 atom stereocenters. The van der Waals surface area contributed by atoms with Crippen LogP contribution in [0.1, 0.15) is 38.3 Å². The molecular formula is C14H19Cl. The van der Waals surface area contributed by atoms with E-state index in [-0.39, 0.29) is 5.41 Å². The monoisotopic (exact) mass is 222 g/mol. The summed E-state index contributed by atoms with van der Waals surface area (Å²) in [5.41, 5.74) is 2.85. The molecule has 1 rings (SSSR count). The summed E-state index contributed by atoms with van der Waals surface area (Å²) in [4.78, 5) is 0. The van der Waals surface area contributed by atoms with Crippen LogP contribution in [0.4, 0.5) is 0 Å². The van der Waals surface area contributed by atoms with Gasteiger partial charge < -0.3 is 0 Å². The summed E-state index contributed by atoms with van der Waals surface area (Å²) >= 11 is 5.62. The summed E-state index contributed by atoms with van der Waals surface area (Å²) in [6.07, 6.45) is 5.19. The van der Waals surface area contributed by atoms with Crippen molar-refractivity contribution in [3.8, 4) is 0 Å². The number of alkyl halides is 1. The Morgan fingerprint density at radius 3 is 2.60 bits per heavy atom. The van der Waals surface area contributed by atoms with Crippen molar-refractivity contribution >= 4 is 17.7 Å². The second kappa shape index (κ2) is 5.37. The van der Waals surface area contributed by atoms with E-state index in [1.807, 2.05) is 0 Å². The van der Waals surface area contributed by atoms with Crippen LogP contribution < -0.4 is 0 Å². The molecule has 0 radical (unpaired) electrons. The van der Waals surface area contributed by atoms with Gasteiger partial charge >= 0.3 is 0 Å². The van der Waals surface area contributed by atoms with Gasteiger partial charge in [0, 0.05) is 5.88 Å². The van der Waals surface area contributed by atoms with Gasteiger partial charge in [-0.15, -0.1) is 11.6 Å². The quantitative estimate of drug-likeness (QED) is 0.655. The summed E-state index contributed by atoms with van der Waals surface area (Å²) in [6, 6.07) is 8.66. The Balaban J connectivity index is 2.84. The molecule has 0 unspecified atom stereocenters. The molecule has 0 aliphatic carbocycles. The van der Waals surface area contributed by atoms with Crippen molar-refractivity contribution < 1.29 is 0 Å². The Morgan fingerprint density at radius 1 is 1.27 bits per heavy atom. The Hall–Kier alpha value is -0.750. The maximum absolute atomic E-state index is 5.62. The number of allylic oxidation sites excluding steroid dienone is 1. The van der Waals surface area contributed by atoms with Crippen LogP contribution in [-0.4, -0.2) is 5.88 Å². The smallest absolute Gasteiger partial charge is 0.0258 e. The molecule has 0 saturated heterocycles. The maximum atomic E-state index is 5.62. The lowest BCUT2D eigenvalue weighted by atomic mass is 9.86. The molecule has 0 N–H and O–H groups in total. The zero-order chi connectivity index (χ0) is 11.3. The lowest BCUT2D eigenvalue weighted by Crippen LogP contribution is -2.10. The highest BCUT2D eigenvalue weighted by atomic mass is 35.5. The number of rotatable bonds is 3. The number of benzene rings is 1. The van der Waals surface area contributed by atoms with Crippen LogP contribution in [0.2, 0.25) is 0 Å². The molecule has 0 spiro atoms. The summed E-state index contributed by atoms with van der Waals surface area (Å²) in [7, 11) is 0. The summed E-state index contributed by atoms with van der Waals surface area (Å²) < 4.78 is 0. The zero-order valence-corrected chi connectivity index (χ0v) is 10.5. The van der Waals surface area contributed by atoms with E-state index < -0.39 is 0 Å². The molecule has 0 amide bonds. The highest BCUT2D eigenvalue weighted by Crippen LogP contribution is 2.23. The van der Waals surface area contributed by atoms with E-state index in [4.69, 9.17) is 11.6 Å². The van der Waals surface area contributed by atoms with Gasteiger partial charge in [0.2, 0.25) is 0 Å². The van der Waals surface area contributed by atoms with E-state index in [1.54, 1.807) is 0 Å². The first-order valence-electron chi connectivity index (χ1n) is 5.37. The Kier molecular flexibility index (Phi) is 4.41. The van der Waals surface area contributed by atoms with Gasteiger partial charge in [0.15, 0.2) is 0 Å². The standard InChI is InChI=1S/C14H19Cl/c1-14(2,3)13-9-6-8-12(11-13)7-4-5-10-15/h4,6-9,11H,5,10H2,1-3H3. The Morgan fingerprint density at radius 2 is 2.00 bits per heavy atom. The van der Waals surface area contributed by atoms with Crippen LogP contribution in [-0.2, 0) is 5.41 Å². The van der Waals surface area contributed by atoms with Crippen molar-refractivity contribution in [2.45, 2.75) is 32.6 Å². The van der Waals surface area contributed by atoms with Gasteiger partial charge in [-0.05, 0) is 23.0 Å².